The van der Waals surface area contributed by atoms with Gasteiger partial charge in [0.15, 0.2) is 0 Å². The highest BCUT2D eigenvalue weighted by molar-refractivity contribution is 5.85. The smallest absolute Gasteiger partial charge is 0.412 e. The lowest BCUT2D eigenvalue weighted by molar-refractivity contribution is -0.138. The monoisotopic (exact) mass is 279 g/mol. The van der Waals surface area contributed by atoms with Crippen molar-refractivity contribution in [3.8, 4) is 0 Å². The third-order valence-electron chi connectivity index (χ3n) is 2.66. The lowest BCUT2D eigenvalue weighted by Crippen LogP contribution is -2.27. The van der Waals surface area contributed by atoms with Crippen LogP contribution in [0.25, 0.3) is 0 Å². The lowest BCUT2D eigenvalue weighted by Gasteiger charge is -2.19. The van der Waals surface area contributed by atoms with Crippen LogP contribution in [0.4, 0.5) is 10.5 Å². The normalized spacial score (nSPS) is 12.6. The summed E-state index contributed by atoms with van der Waals surface area (Å²) in [6.45, 7) is 7.18. The van der Waals surface area contributed by atoms with Crippen LogP contribution in [0.2, 0.25) is 0 Å². The van der Waals surface area contributed by atoms with Crippen LogP contribution < -0.4 is 5.32 Å². The lowest BCUT2D eigenvalue weighted by atomic mass is 9.96. The number of hydrogen-bond acceptors (Lipinski definition) is 3. The van der Waals surface area contributed by atoms with Gasteiger partial charge in [-0.3, -0.25) is 10.1 Å². The molecule has 0 fully saturated rings. The van der Waals surface area contributed by atoms with Gasteiger partial charge >= 0.3 is 12.1 Å². The van der Waals surface area contributed by atoms with Crippen LogP contribution in [0, 0.1) is 0 Å². The molecule has 1 amide bonds. The largest absolute Gasteiger partial charge is 0.481 e. The molecular formula is C15H21NO4. The van der Waals surface area contributed by atoms with E-state index in [1.807, 2.05) is 6.92 Å². The van der Waals surface area contributed by atoms with E-state index in [1.165, 1.54) is 0 Å². The Morgan fingerprint density at radius 2 is 1.80 bits per heavy atom. The molecule has 2 N–H and O–H groups in total. The minimum atomic E-state index is -0.847. The number of carboxylic acids is 1. The van der Waals surface area contributed by atoms with Gasteiger partial charge in [-0.25, -0.2) is 4.79 Å². The van der Waals surface area contributed by atoms with Gasteiger partial charge in [0.2, 0.25) is 0 Å². The number of nitrogens with one attached hydrogen (secondary N) is 1. The number of carbonyl (C=O) groups is 2. The molecule has 0 aliphatic rings. The van der Waals surface area contributed by atoms with Crippen molar-refractivity contribution in [3.63, 3.8) is 0 Å². The molecule has 110 valence electrons. The second kappa shape index (κ2) is 6.41. The Bertz CT molecular complexity index is 474. The average molecular weight is 279 g/mol. The Labute approximate surface area is 118 Å². The van der Waals surface area contributed by atoms with Gasteiger partial charge in [0.05, 0.1) is 5.92 Å². The van der Waals surface area contributed by atoms with Crippen molar-refractivity contribution in [2.75, 3.05) is 5.32 Å². The third kappa shape index (κ3) is 4.91. The molecular weight excluding hydrogens is 258 g/mol. The molecule has 1 unspecified atom stereocenters. The molecule has 1 rings (SSSR count). The topological polar surface area (TPSA) is 75.6 Å². The van der Waals surface area contributed by atoms with E-state index in [0.29, 0.717) is 12.1 Å². The van der Waals surface area contributed by atoms with Crippen molar-refractivity contribution < 1.29 is 19.4 Å². The van der Waals surface area contributed by atoms with Gasteiger partial charge in [-0.05, 0) is 44.9 Å². The zero-order valence-corrected chi connectivity index (χ0v) is 12.3. The first-order valence-electron chi connectivity index (χ1n) is 6.55. The summed E-state index contributed by atoms with van der Waals surface area (Å²) in [6.07, 6.45) is -0.00992. The van der Waals surface area contributed by atoms with E-state index in [0.717, 1.165) is 5.56 Å². The van der Waals surface area contributed by atoms with Crippen molar-refractivity contribution in [3.05, 3.63) is 29.8 Å². The van der Waals surface area contributed by atoms with Crippen molar-refractivity contribution in [2.24, 2.45) is 0 Å². The SMILES string of the molecule is CCC(C(=O)O)c1ccc(NC(=O)OC(C)(C)C)cc1. The molecule has 1 aromatic rings. The minimum Gasteiger partial charge on any atom is -0.481 e. The summed E-state index contributed by atoms with van der Waals surface area (Å²) in [7, 11) is 0. The van der Waals surface area contributed by atoms with Gasteiger partial charge in [-0.1, -0.05) is 19.1 Å². The zero-order chi connectivity index (χ0) is 15.3. The number of benzene rings is 1. The predicted molar refractivity (Wildman–Crippen MR) is 77.0 cm³/mol. The van der Waals surface area contributed by atoms with E-state index in [2.05, 4.69) is 5.32 Å². The maximum absolute atomic E-state index is 11.6. The Morgan fingerprint density at radius 3 is 2.20 bits per heavy atom. The fraction of sp³-hybridized carbons (Fsp3) is 0.467. The molecule has 0 aromatic heterocycles. The first-order chi connectivity index (χ1) is 9.23. The van der Waals surface area contributed by atoms with Crippen LogP contribution >= 0.6 is 0 Å². The predicted octanol–water partition coefficient (Wildman–Crippen LogP) is 3.61. The van der Waals surface area contributed by atoms with E-state index >= 15 is 0 Å². The molecule has 1 atom stereocenters. The average Bonchev–Trinajstić information content (AvgIpc) is 2.29. The number of carboxylic acid groups (broad SMARTS) is 1. The highest BCUT2D eigenvalue weighted by Crippen LogP contribution is 2.22. The molecule has 0 bridgehead atoms. The number of carbonyl (C=O) groups excluding carboxylic acids is 1. The van der Waals surface area contributed by atoms with E-state index in [4.69, 9.17) is 9.84 Å². The quantitative estimate of drug-likeness (QED) is 0.882. The van der Waals surface area contributed by atoms with E-state index in [-0.39, 0.29) is 0 Å². The first kappa shape index (κ1) is 16.0. The number of aliphatic carboxylic acids is 1. The highest BCUT2D eigenvalue weighted by Gasteiger charge is 2.18. The molecule has 0 saturated carbocycles. The van der Waals surface area contributed by atoms with Crippen LogP contribution in [0.1, 0.15) is 45.6 Å². The van der Waals surface area contributed by atoms with E-state index in [1.54, 1.807) is 45.0 Å². The summed E-state index contributed by atoms with van der Waals surface area (Å²) in [6, 6.07) is 6.75. The summed E-state index contributed by atoms with van der Waals surface area (Å²) in [4.78, 5) is 22.6. The molecule has 0 aliphatic heterocycles. The molecule has 5 nitrogen and oxygen atoms in total. The fourth-order valence-corrected chi connectivity index (χ4v) is 1.77. The maximum Gasteiger partial charge on any atom is 0.412 e. The number of anilines is 1. The summed E-state index contributed by atoms with van der Waals surface area (Å²) in [5.41, 5.74) is 0.735. The molecule has 20 heavy (non-hydrogen) atoms. The number of ether oxygens (including phenoxy) is 1. The molecule has 0 heterocycles. The maximum atomic E-state index is 11.6. The Kier molecular flexibility index (Phi) is 5.13. The van der Waals surface area contributed by atoms with Crippen molar-refractivity contribution in [2.45, 2.75) is 45.6 Å². The van der Waals surface area contributed by atoms with Gasteiger partial charge in [-0.15, -0.1) is 0 Å². The molecule has 1 aromatic carbocycles. The van der Waals surface area contributed by atoms with Crippen LogP contribution in [0.3, 0.4) is 0 Å². The summed E-state index contributed by atoms with van der Waals surface area (Å²) >= 11 is 0. The molecule has 0 saturated heterocycles. The fourth-order valence-electron chi connectivity index (χ4n) is 1.77. The molecule has 0 radical (unpaired) electrons. The van der Waals surface area contributed by atoms with Crippen LogP contribution in [-0.2, 0) is 9.53 Å². The summed E-state index contributed by atoms with van der Waals surface area (Å²) < 4.78 is 5.13. The van der Waals surface area contributed by atoms with Gasteiger partial charge in [0, 0.05) is 5.69 Å². The first-order valence-corrected chi connectivity index (χ1v) is 6.55. The van der Waals surface area contributed by atoms with Crippen molar-refractivity contribution in [1.29, 1.82) is 0 Å². The van der Waals surface area contributed by atoms with Crippen LogP contribution in [0.5, 0.6) is 0 Å². The summed E-state index contributed by atoms with van der Waals surface area (Å²) in [5, 5.41) is 11.7. The number of rotatable bonds is 4. The van der Waals surface area contributed by atoms with Gasteiger partial charge < -0.3 is 9.84 Å². The zero-order valence-electron chi connectivity index (χ0n) is 12.3. The van der Waals surface area contributed by atoms with Crippen molar-refractivity contribution in [1.82, 2.24) is 0 Å². The van der Waals surface area contributed by atoms with E-state index in [9.17, 15) is 9.59 Å². The third-order valence-corrected chi connectivity index (χ3v) is 2.66. The number of amides is 1. The van der Waals surface area contributed by atoms with E-state index < -0.39 is 23.6 Å². The Balaban J connectivity index is 2.72. The number of hydrogen-bond donors (Lipinski definition) is 2. The molecule has 0 spiro atoms. The summed E-state index contributed by atoms with van der Waals surface area (Å²) in [5.74, 6) is -1.37. The molecule has 5 heteroatoms. The standard InChI is InChI=1S/C15H21NO4/c1-5-12(13(17)18)10-6-8-11(9-7-10)16-14(19)20-15(2,3)4/h6-9,12H,5H2,1-4H3,(H,16,19)(H,17,18). The Morgan fingerprint density at radius 1 is 1.25 bits per heavy atom. The second-order valence-corrected chi connectivity index (χ2v) is 5.55. The van der Waals surface area contributed by atoms with Gasteiger partial charge in [-0.2, -0.15) is 0 Å². The van der Waals surface area contributed by atoms with Crippen molar-refractivity contribution >= 4 is 17.7 Å². The Hall–Kier alpha value is -2.04. The highest BCUT2D eigenvalue weighted by atomic mass is 16.6. The van der Waals surface area contributed by atoms with Gasteiger partial charge in [0.25, 0.3) is 0 Å². The van der Waals surface area contributed by atoms with Crippen LogP contribution in [-0.4, -0.2) is 22.8 Å². The second-order valence-electron chi connectivity index (χ2n) is 5.55. The molecule has 0 aliphatic carbocycles. The van der Waals surface area contributed by atoms with Gasteiger partial charge in [0.1, 0.15) is 5.60 Å². The van der Waals surface area contributed by atoms with Crippen LogP contribution in [0.15, 0.2) is 24.3 Å². The minimum absolute atomic E-state index is 0.522.